The molecule has 0 radical (unpaired) electrons. The number of hydrogen-bond acceptors (Lipinski definition) is 2. The molecule has 0 bridgehead atoms. The van der Waals surface area contributed by atoms with Gasteiger partial charge in [0.05, 0.1) is 6.04 Å². The molecular weight excluding hydrogens is 274 g/mol. The number of carbonyl (C=O) groups excluding carboxylic acids is 2. The van der Waals surface area contributed by atoms with Gasteiger partial charge < -0.3 is 10.1 Å². The standard InChI is InChI=1S/C19H27NO2/c1-15(20-18(22)9-6-14-21)17-8-5-7-16(10-11-17)12-13-19(2,3)4/h5,7-8,10-16H,6,9H2,1-4H3,(H,20,22)/b13-12+. The van der Waals surface area contributed by atoms with Gasteiger partial charge in [-0.15, -0.1) is 0 Å². The molecular formula is C19H27NO2. The van der Waals surface area contributed by atoms with Crippen molar-refractivity contribution in [2.45, 2.75) is 46.6 Å². The number of aldehydes is 1. The Labute approximate surface area is 133 Å². The van der Waals surface area contributed by atoms with Crippen LogP contribution >= 0.6 is 0 Å². The largest absolute Gasteiger partial charge is 0.350 e. The van der Waals surface area contributed by atoms with E-state index in [0.29, 0.717) is 0 Å². The third-order valence-corrected chi connectivity index (χ3v) is 3.32. The first-order valence-electron chi connectivity index (χ1n) is 7.81. The van der Waals surface area contributed by atoms with Gasteiger partial charge in [0.15, 0.2) is 0 Å². The molecule has 0 aromatic heterocycles. The molecule has 0 saturated heterocycles. The van der Waals surface area contributed by atoms with Crippen molar-refractivity contribution >= 4 is 12.2 Å². The maximum atomic E-state index is 11.7. The van der Waals surface area contributed by atoms with Gasteiger partial charge in [-0.25, -0.2) is 0 Å². The third kappa shape index (κ3) is 7.21. The number of rotatable bonds is 6. The molecule has 1 N–H and O–H groups in total. The molecule has 1 rings (SSSR count). The molecule has 0 aliphatic heterocycles. The molecule has 0 aromatic carbocycles. The van der Waals surface area contributed by atoms with E-state index in [1.807, 2.05) is 19.1 Å². The van der Waals surface area contributed by atoms with Gasteiger partial charge in [0.1, 0.15) is 6.29 Å². The summed E-state index contributed by atoms with van der Waals surface area (Å²) < 4.78 is 0. The van der Waals surface area contributed by atoms with E-state index in [-0.39, 0.29) is 36.1 Å². The van der Waals surface area contributed by atoms with Crippen LogP contribution in [0.4, 0.5) is 0 Å². The van der Waals surface area contributed by atoms with E-state index in [1.165, 1.54) is 0 Å². The number of allylic oxidation sites excluding steroid dienone is 6. The monoisotopic (exact) mass is 301 g/mol. The lowest BCUT2D eigenvalue weighted by Crippen LogP contribution is -2.33. The van der Waals surface area contributed by atoms with Crippen molar-refractivity contribution in [2.24, 2.45) is 11.3 Å². The number of hydrogen-bond donors (Lipinski definition) is 1. The van der Waals surface area contributed by atoms with Crippen LogP contribution in [0.1, 0.15) is 40.5 Å². The molecule has 0 heterocycles. The smallest absolute Gasteiger partial charge is 0.220 e. The SMILES string of the molecule is CC(NC(=O)CCC=O)C1=CC=CC(/C=C/C(C)(C)C)C=C1. The average molecular weight is 301 g/mol. The van der Waals surface area contributed by atoms with Crippen LogP contribution in [0.3, 0.4) is 0 Å². The lowest BCUT2D eigenvalue weighted by molar-refractivity contribution is -0.122. The summed E-state index contributed by atoms with van der Waals surface area (Å²) in [6.07, 6.45) is 16.1. The molecule has 1 amide bonds. The topological polar surface area (TPSA) is 46.2 Å². The van der Waals surface area contributed by atoms with Crippen LogP contribution < -0.4 is 5.32 Å². The maximum Gasteiger partial charge on any atom is 0.220 e. The van der Waals surface area contributed by atoms with E-state index < -0.39 is 0 Å². The summed E-state index contributed by atoms with van der Waals surface area (Å²) >= 11 is 0. The second-order valence-corrected chi connectivity index (χ2v) is 6.71. The molecule has 0 fully saturated rings. The zero-order chi connectivity index (χ0) is 16.6. The fourth-order valence-electron chi connectivity index (χ4n) is 2.04. The van der Waals surface area contributed by atoms with Gasteiger partial charge in [-0.3, -0.25) is 4.79 Å². The Hall–Kier alpha value is -1.90. The second kappa shape index (κ2) is 8.52. The van der Waals surface area contributed by atoms with Crippen LogP contribution in [0.2, 0.25) is 0 Å². The molecule has 120 valence electrons. The molecule has 1 aliphatic rings. The zero-order valence-electron chi connectivity index (χ0n) is 14.0. The van der Waals surface area contributed by atoms with Crippen molar-refractivity contribution in [1.82, 2.24) is 5.32 Å². The Bertz CT molecular complexity index is 504. The van der Waals surface area contributed by atoms with Crippen molar-refractivity contribution in [3.05, 3.63) is 48.1 Å². The highest BCUT2D eigenvalue weighted by Gasteiger charge is 2.11. The first-order chi connectivity index (χ1) is 10.3. The van der Waals surface area contributed by atoms with Gasteiger partial charge in [0.25, 0.3) is 0 Å². The minimum atomic E-state index is -0.0914. The Morgan fingerprint density at radius 1 is 1.36 bits per heavy atom. The van der Waals surface area contributed by atoms with Gasteiger partial charge in [0.2, 0.25) is 5.91 Å². The van der Waals surface area contributed by atoms with Crippen molar-refractivity contribution in [3.63, 3.8) is 0 Å². The highest BCUT2D eigenvalue weighted by atomic mass is 16.1. The molecule has 0 saturated carbocycles. The first kappa shape index (κ1) is 18.1. The van der Waals surface area contributed by atoms with Gasteiger partial charge in [-0.05, 0) is 17.9 Å². The first-order valence-corrected chi connectivity index (χ1v) is 7.81. The Morgan fingerprint density at radius 2 is 2.09 bits per heavy atom. The van der Waals surface area contributed by atoms with Crippen LogP contribution in [0.25, 0.3) is 0 Å². The van der Waals surface area contributed by atoms with Gasteiger partial charge >= 0.3 is 0 Å². The van der Waals surface area contributed by atoms with Crippen LogP contribution in [0, 0.1) is 11.3 Å². The van der Waals surface area contributed by atoms with E-state index >= 15 is 0 Å². The van der Waals surface area contributed by atoms with Crippen LogP contribution in [0.15, 0.2) is 48.1 Å². The number of nitrogens with one attached hydrogen (secondary N) is 1. The lowest BCUT2D eigenvalue weighted by Gasteiger charge is -2.14. The highest BCUT2D eigenvalue weighted by Crippen LogP contribution is 2.19. The second-order valence-electron chi connectivity index (χ2n) is 6.71. The molecule has 3 nitrogen and oxygen atoms in total. The summed E-state index contributed by atoms with van der Waals surface area (Å²) in [5, 5.41) is 2.91. The normalized spacial score (nSPS) is 19.6. The van der Waals surface area contributed by atoms with E-state index in [2.05, 4.69) is 56.5 Å². The van der Waals surface area contributed by atoms with Crippen LogP contribution in [-0.2, 0) is 9.59 Å². The summed E-state index contributed by atoms with van der Waals surface area (Å²) in [4.78, 5) is 22.0. The number of carbonyl (C=O) groups is 2. The lowest BCUT2D eigenvalue weighted by atomic mass is 9.94. The molecule has 0 aromatic rings. The van der Waals surface area contributed by atoms with Crippen molar-refractivity contribution in [1.29, 1.82) is 0 Å². The summed E-state index contributed by atoms with van der Waals surface area (Å²) in [6.45, 7) is 8.48. The predicted molar refractivity (Wildman–Crippen MR) is 91.4 cm³/mol. The number of amides is 1. The van der Waals surface area contributed by atoms with Gasteiger partial charge in [-0.1, -0.05) is 63.3 Å². The fourth-order valence-corrected chi connectivity index (χ4v) is 2.04. The molecule has 1 aliphatic carbocycles. The van der Waals surface area contributed by atoms with Crippen molar-refractivity contribution in [3.8, 4) is 0 Å². The minimum absolute atomic E-state index is 0.0644. The molecule has 3 heteroatoms. The average Bonchev–Trinajstić information content (AvgIpc) is 2.67. The van der Waals surface area contributed by atoms with Crippen LogP contribution in [-0.4, -0.2) is 18.2 Å². The third-order valence-electron chi connectivity index (χ3n) is 3.32. The summed E-state index contributed by atoms with van der Waals surface area (Å²) in [5.41, 5.74) is 1.23. The Morgan fingerprint density at radius 3 is 2.73 bits per heavy atom. The van der Waals surface area contributed by atoms with E-state index in [9.17, 15) is 9.59 Å². The molecule has 2 unspecified atom stereocenters. The highest BCUT2D eigenvalue weighted by molar-refractivity contribution is 5.78. The minimum Gasteiger partial charge on any atom is -0.350 e. The van der Waals surface area contributed by atoms with Gasteiger partial charge in [-0.2, -0.15) is 0 Å². The molecule has 2 atom stereocenters. The quantitative estimate of drug-likeness (QED) is 0.600. The Balaban J connectivity index is 2.62. The van der Waals surface area contributed by atoms with Crippen molar-refractivity contribution in [2.75, 3.05) is 0 Å². The summed E-state index contributed by atoms with van der Waals surface area (Å²) in [7, 11) is 0. The maximum absolute atomic E-state index is 11.7. The Kier molecular flexibility index (Phi) is 7.03. The van der Waals surface area contributed by atoms with Crippen molar-refractivity contribution < 1.29 is 9.59 Å². The van der Waals surface area contributed by atoms with E-state index in [4.69, 9.17) is 0 Å². The summed E-state index contributed by atoms with van der Waals surface area (Å²) in [6, 6.07) is -0.0644. The van der Waals surface area contributed by atoms with Crippen LogP contribution in [0.5, 0.6) is 0 Å². The van der Waals surface area contributed by atoms with E-state index in [0.717, 1.165) is 11.9 Å². The molecule has 0 spiro atoms. The van der Waals surface area contributed by atoms with Gasteiger partial charge in [0, 0.05) is 18.8 Å². The molecule has 22 heavy (non-hydrogen) atoms. The fraction of sp³-hybridized carbons (Fsp3) is 0.474. The predicted octanol–water partition coefficient (Wildman–Crippen LogP) is 3.74. The zero-order valence-corrected chi connectivity index (χ0v) is 14.0. The summed E-state index contributed by atoms with van der Waals surface area (Å²) in [5.74, 6) is 0.178. The van der Waals surface area contributed by atoms with E-state index in [1.54, 1.807) is 0 Å².